The molecule has 8 heteroatoms. The van der Waals surface area contributed by atoms with E-state index in [1.165, 1.54) is 0 Å². The molecule has 0 aliphatic carbocycles. The molecule has 0 spiro atoms. The molecule has 1 saturated heterocycles. The van der Waals surface area contributed by atoms with Crippen LogP contribution in [0.3, 0.4) is 0 Å². The van der Waals surface area contributed by atoms with Gasteiger partial charge in [0.25, 0.3) is 0 Å². The fraction of sp³-hybridized carbons (Fsp3) is 0.588. The molecule has 1 fully saturated rings. The summed E-state index contributed by atoms with van der Waals surface area (Å²) < 4.78 is 7.42. The Kier molecular flexibility index (Phi) is 4.41. The molecule has 4 heterocycles. The zero-order valence-electron chi connectivity index (χ0n) is 14.7. The first-order chi connectivity index (χ1) is 12.1. The molecule has 134 valence electrons. The average Bonchev–Trinajstić information content (AvgIpc) is 3.17. The highest BCUT2D eigenvalue weighted by molar-refractivity contribution is 5.16. The minimum atomic E-state index is -0.276. The number of aromatic nitrogens is 4. The summed E-state index contributed by atoms with van der Waals surface area (Å²) in [6.07, 6.45) is 0.452. The molecule has 0 unspecified atom stereocenters. The second kappa shape index (κ2) is 6.70. The Balaban J connectivity index is 1.47. The van der Waals surface area contributed by atoms with E-state index in [9.17, 15) is 5.11 Å². The molecule has 0 amide bonds. The monoisotopic (exact) mass is 344 g/mol. The van der Waals surface area contributed by atoms with Crippen LogP contribution < -0.4 is 4.74 Å². The number of pyridine rings is 1. The smallest absolute Gasteiger partial charge is 0.213 e. The van der Waals surface area contributed by atoms with E-state index in [4.69, 9.17) is 4.74 Å². The molecular weight excluding hydrogens is 320 g/mol. The van der Waals surface area contributed by atoms with Crippen LogP contribution in [-0.4, -0.2) is 68.0 Å². The van der Waals surface area contributed by atoms with E-state index >= 15 is 0 Å². The van der Waals surface area contributed by atoms with Gasteiger partial charge in [0.15, 0.2) is 5.82 Å². The second-order valence-electron chi connectivity index (χ2n) is 6.85. The van der Waals surface area contributed by atoms with Crippen molar-refractivity contribution in [3.8, 4) is 5.88 Å². The zero-order valence-corrected chi connectivity index (χ0v) is 14.7. The van der Waals surface area contributed by atoms with Gasteiger partial charge in [0.05, 0.1) is 31.5 Å². The van der Waals surface area contributed by atoms with Crippen LogP contribution >= 0.6 is 0 Å². The number of hydrogen-bond donors (Lipinski definition) is 1. The molecule has 0 saturated carbocycles. The van der Waals surface area contributed by atoms with E-state index in [1.54, 1.807) is 7.11 Å². The number of likely N-dealkylation sites (tertiary alicyclic amines) is 1. The Morgan fingerprint density at radius 1 is 1.28 bits per heavy atom. The van der Waals surface area contributed by atoms with Crippen molar-refractivity contribution in [1.29, 1.82) is 0 Å². The Morgan fingerprint density at radius 2 is 2.16 bits per heavy atom. The van der Waals surface area contributed by atoms with E-state index < -0.39 is 0 Å². The average molecular weight is 344 g/mol. The Labute approximate surface area is 147 Å². The van der Waals surface area contributed by atoms with Gasteiger partial charge in [-0.15, -0.1) is 10.2 Å². The van der Waals surface area contributed by atoms with Crippen LogP contribution in [0.1, 0.15) is 29.8 Å². The van der Waals surface area contributed by atoms with E-state index in [-0.39, 0.29) is 12.1 Å². The van der Waals surface area contributed by atoms with Gasteiger partial charge in [-0.1, -0.05) is 6.07 Å². The molecule has 0 bridgehead atoms. The van der Waals surface area contributed by atoms with E-state index in [2.05, 4.69) is 29.5 Å². The van der Waals surface area contributed by atoms with Crippen molar-refractivity contribution in [2.75, 3.05) is 27.2 Å². The standard InChI is InChI=1S/C17H24N6O2/c1-21-10-13(24)8-14(21)17-20-19-15-11-22(6-7-23(15)17)9-12-4-3-5-16(18-12)25-2/h3-5,13-14,24H,6-11H2,1-2H3/t13-,14+/m1/s1. The van der Waals surface area contributed by atoms with Crippen LogP contribution in [0.2, 0.25) is 0 Å². The van der Waals surface area contributed by atoms with Gasteiger partial charge < -0.3 is 14.4 Å². The number of fused-ring (bicyclic) bond motifs is 1. The minimum absolute atomic E-state index is 0.155. The molecule has 1 N–H and O–H groups in total. The van der Waals surface area contributed by atoms with Crippen molar-refractivity contribution >= 4 is 0 Å². The molecule has 4 rings (SSSR count). The van der Waals surface area contributed by atoms with Gasteiger partial charge >= 0.3 is 0 Å². The Morgan fingerprint density at radius 3 is 2.92 bits per heavy atom. The predicted octanol–water partition coefficient (Wildman–Crippen LogP) is 0.435. The lowest BCUT2D eigenvalue weighted by Crippen LogP contribution is -2.35. The first-order valence-corrected chi connectivity index (χ1v) is 8.66. The van der Waals surface area contributed by atoms with Crippen molar-refractivity contribution in [2.45, 2.75) is 38.2 Å². The van der Waals surface area contributed by atoms with Gasteiger partial charge in [-0.2, -0.15) is 0 Å². The maximum Gasteiger partial charge on any atom is 0.213 e. The Bertz CT molecular complexity index is 748. The molecule has 2 atom stereocenters. The SMILES string of the molecule is COc1cccc(CN2CCn3c(nnc3[C@@H]3C[C@@H](O)CN3C)C2)n1. The second-order valence-corrected chi connectivity index (χ2v) is 6.85. The maximum absolute atomic E-state index is 9.90. The Hall–Kier alpha value is -2.03. The molecule has 8 nitrogen and oxygen atoms in total. The van der Waals surface area contributed by atoms with E-state index in [0.717, 1.165) is 49.9 Å². The summed E-state index contributed by atoms with van der Waals surface area (Å²) >= 11 is 0. The van der Waals surface area contributed by atoms with Crippen LogP contribution in [0.25, 0.3) is 0 Å². The van der Waals surface area contributed by atoms with Gasteiger partial charge in [-0.25, -0.2) is 4.98 Å². The largest absolute Gasteiger partial charge is 0.481 e. The van der Waals surface area contributed by atoms with Crippen molar-refractivity contribution < 1.29 is 9.84 Å². The lowest BCUT2D eigenvalue weighted by atomic mass is 10.2. The summed E-state index contributed by atoms with van der Waals surface area (Å²) in [5, 5.41) is 18.7. The molecule has 2 aliphatic heterocycles. The number of hydrogen-bond acceptors (Lipinski definition) is 7. The first-order valence-electron chi connectivity index (χ1n) is 8.66. The summed E-state index contributed by atoms with van der Waals surface area (Å²) in [4.78, 5) is 8.97. The minimum Gasteiger partial charge on any atom is -0.481 e. The number of aliphatic hydroxyl groups is 1. The number of β-amino-alcohol motifs (C(OH)–C–C–N with tert-alkyl or cyclic N) is 1. The molecular formula is C17H24N6O2. The highest BCUT2D eigenvalue weighted by atomic mass is 16.5. The number of aliphatic hydroxyl groups excluding tert-OH is 1. The summed E-state index contributed by atoms with van der Waals surface area (Å²) in [5.41, 5.74) is 0.992. The number of rotatable bonds is 4. The first kappa shape index (κ1) is 16.4. The van der Waals surface area contributed by atoms with Crippen LogP contribution in [0, 0.1) is 0 Å². The summed E-state index contributed by atoms with van der Waals surface area (Å²) in [6, 6.07) is 5.99. The predicted molar refractivity (Wildman–Crippen MR) is 90.9 cm³/mol. The number of nitrogens with zero attached hydrogens (tertiary/aromatic N) is 6. The van der Waals surface area contributed by atoms with Crippen molar-refractivity contribution in [3.63, 3.8) is 0 Å². The lowest BCUT2D eigenvalue weighted by molar-refractivity contribution is 0.182. The van der Waals surface area contributed by atoms with Crippen molar-refractivity contribution in [1.82, 2.24) is 29.5 Å². The number of likely N-dealkylation sites (N-methyl/N-ethyl adjacent to an activating group) is 1. The lowest BCUT2D eigenvalue weighted by Gasteiger charge is -2.28. The third-order valence-electron chi connectivity index (χ3n) is 5.06. The topological polar surface area (TPSA) is 79.5 Å². The number of methoxy groups -OCH3 is 1. The van der Waals surface area contributed by atoms with E-state index in [1.807, 2.05) is 25.2 Å². The highest BCUT2D eigenvalue weighted by Gasteiger charge is 2.34. The molecule has 0 aromatic carbocycles. The molecule has 25 heavy (non-hydrogen) atoms. The summed E-state index contributed by atoms with van der Waals surface area (Å²) in [6.45, 7) is 4.00. The highest BCUT2D eigenvalue weighted by Crippen LogP contribution is 2.30. The van der Waals surface area contributed by atoms with Crippen molar-refractivity contribution in [3.05, 3.63) is 35.5 Å². The van der Waals surface area contributed by atoms with Gasteiger partial charge in [0, 0.05) is 32.2 Å². The van der Waals surface area contributed by atoms with Crippen molar-refractivity contribution in [2.24, 2.45) is 0 Å². The van der Waals surface area contributed by atoms with Crippen LogP contribution in [0.15, 0.2) is 18.2 Å². The zero-order chi connectivity index (χ0) is 17.4. The maximum atomic E-state index is 9.90. The third-order valence-corrected chi connectivity index (χ3v) is 5.06. The van der Waals surface area contributed by atoms with E-state index in [0.29, 0.717) is 12.4 Å². The number of ether oxygens (including phenoxy) is 1. The third kappa shape index (κ3) is 3.24. The fourth-order valence-corrected chi connectivity index (χ4v) is 3.77. The molecule has 0 radical (unpaired) electrons. The summed E-state index contributed by atoms with van der Waals surface area (Å²) in [5.74, 6) is 2.61. The van der Waals surface area contributed by atoms with Crippen LogP contribution in [-0.2, 0) is 19.6 Å². The summed E-state index contributed by atoms with van der Waals surface area (Å²) in [7, 11) is 3.67. The fourth-order valence-electron chi connectivity index (χ4n) is 3.77. The van der Waals surface area contributed by atoms with Gasteiger partial charge in [-0.05, 0) is 19.5 Å². The molecule has 2 aromatic heterocycles. The quantitative estimate of drug-likeness (QED) is 0.862. The van der Waals surface area contributed by atoms with Gasteiger partial charge in [0.2, 0.25) is 5.88 Å². The van der Waals surface area contributed by atoms with Gasteiger partial charge in [-0.3, -0.25) is 9.80 Å². The molecule has 2 aliphatic rings. The van der Waals surface area contributed by atoms with Crippen LogP contribution in [0.5, 0.6) is 5.88 Å². The van der Waals surface area contributed by atoms with Gasteiger partial charge in [0.1, 0.15) is 5.82 Å². The van der Waals surface area contributed by atoms with Crippen LogP contribution in [0.4, 0.5) is 0 Å². The normalized spacial score (nSPS) is 24.4. The molecule has 2 aromatic rings.